The Labute approximate surface area is 57.7 Å². The highest BCUT2D eigenvalue weighted by Gasteiger charge is 2.16. The van der Waals surface area contributed by atoms with Gasteiger partial charge in [0.05, 0.1) is 0 Å². The van der Waals surface area contributed by atoms with Crippen LogP contribution in [0.25, 0.3) is 0 Å². The Bertz CT molecular complexity index is 136. The molecular weight excluding hydrogens is 108 g/mol. The van der Waals surface area contributed by atoms with Crippen molar-refractivity contribution in [3.8, 4) is 11.8 Å². The van der Waals surface area contributed by atoms with E-state index in [1.807, 2.05) is 0 Å². The van der Waals surface area contributed by atoms with Gasteiger partial charge >= 0.3 is 0 Å². The van der Waals surface area contributed by atoms with Crippen molar-refractivity contribution in [1.82, 2.24) is 0 Å². The van der Waals surface area contributed by atoms with Crippen molar-refractivity contribution >= 4 is 0 Å². The first-order valence-electron chi connectivity index (χ1n) is 3.83. The summed E-state index contributed by atoms with van der Waals surface area (Å²) in [5.74, 6) is 7.89. The van der Waals surface area contributed by atoms with Gasteiger partial charge < -0.3 is 0 Å². The maximum Gasteiger partial charge on any atom is 0.0211 e. The van der Waals surface area contributed by atoms with Crippen LogP contribution in [0.5, 0.6) is 0 Å². The van der Waals surface area contributed by atoms with Crippen LogP contribution in [0.4, 0.5) is 0 Å². The molecule has 0 nitrogen and oxygen atoms in total. The number of hydrogen-bond acceptors (Lipinski definition) is 0. The van der Waals surface area contributed by atoms with Crippen molar-refractivity contribution in [1.29, 1.82) is 0 Å². The maximum absolute atomic E-state index is 3.20. The lowest BCUT2D eigenvalue weighted by Crippen LogP contribution is -2.03. The van der Waals surface area contributed by atoms with Gasteiger partial charge in [-0.1, -0.05) is 26.2 Å². The monoisotopic (exact) mass is 122 g/mol. The third-order valence-electron chi connectivity index (χ3n) is 2.06. The zero-order chi connectivity index (χ0) is 6.69. The Morgan fingerprint density at radius 2 is 2.33 bits per heavy atom. The first kappa shape index (κ1) is 6.68. The summed E-state index contributed by atoms with van der Waals surface area (Å²) in [7, 11) is 0. The van der Waals surface area contributed by atoms with Crippen molar-refractivity contribution in [2.24, 2.45) is 11.8 Å². The SMILES string of the molecule is CCC[C@H]1CC#C[C@@H]1C. The van der Waals surface area contributed by atoms with E-state index in [0.717, 1.165) is 12.3 Å². The highest BCUT2D eigenvalue weighted by Crippen LogP contribution is 2.23. The summed E-state index contributed by atoms with van der Waals surface area (Å²) in [5, 5.41) is 0. The van der Waals surface area contributed by atoms with Crippen LogP contribution in [0.3, 0.4) is 0 Å². The van der Waals surface area contributed by atoms with Crippen LogP contribution in [-0.4, -0.2) is 0 Å². The molecule has 0 unspecified atom stereocenters. The molecule has 1 aliphatic rings. The van der Waals surface area contributed by atoms with E-state index in [1.54, 1.807) is 0 Å². The summed E-state index contributed by atoms with van der Waals surface area (Å²) in [5.41, 5.74) is 0. The van der Waals surface area contributed by atoms with Crippen LogP contribution >= 0.6 is 0 Å². The van der Waals surface area contributed by atoms with E-state index >= 15 is 0 Å². The summed E-state index contributed by atoms with van der Waals surface area (Å²) < 4.78 is 0. The van der Waals surface area contributed by atoms with Gasteiger partial charge in [0.25, 0.3) is 0 Å². The summed E-state index contributed by atoms with van der Waals surface area (Å²) in [4.78, 5) is 0. The van der Waals surface area contributed by atoms with Crippen LogP contribution in [0.1, 0.15) is 33.1 Å². The van der Waals surface area contributed by atoms with Crippen LogP contribution in [0, 0.1) is 23.7 Å². The average Bonchev–Trinajstić information content (AvgIpc) is 2.18. The largest absolute Gasteiger partial charge is 0.103 e. The lowest BCUT2D eigenvalue weighted by atomic mass is 9.92. The molecule has 0 heteroatoms. The van der Waals surface area contributed by atoms with Gasteiger partial charge in [0.2, 0.25) is 0 Å². The minimum atomic E-state index is 0.671. The van der Waals surface area contributed by atoms with Crippen molar-refractivity contribution in [3.63, 3.8) is 0 Å². The molecule has 0 N–H and O–H groups in total. The molecule has 0 aromatic rings. The van der Waals surface area contributed by atoms with Gasteiger partial charge in [-0.05, 0) is 12.3 Å². The molecule has 0 aromatic heterocycles. The van der Waals surface area contributed by atoms with Gasteiger partial charge in [-0.25, -0.2) is 0 Å². The molecular formula is C9H14. The first-order valence-corrected chi connectivity index (χ1v) is 3.83. The van der Waals surface area contributed by atoms with Crippen molar-refractivity contribution in [2.45, 2.75) is 33.1 Å². The number of hydrogen-bond donors (Lipinski definition) is 0. The van der Waals surface area contributed by atoms with Gasteiger partial charge in [-0.2, -0.15) is 0 Å². The molecule has 0 spiro atoms. The fraction of sp³-hybridized carbons (Fsp3) is 0.778. The zero-order valence-corrected chi connectivity index (χ0v) is 6.28. The normalized spacial score (nSPS) is 31.8. The maximum atomic E-state index is 3.20. The van der Waals surface area contributed by atoms with Crippen molar-refractivity contribution < 1.29 is 0 Å². The molecule has 0 saturated heterocycles. The van der Waals surface area contributed by atoms with Gasteiger partial charge in [0.1, 0.15) is 0 Å². The van der Waals surface area contributed by atoms with E-state index in [9.17, 15) is 0 Å². The van der Waals surface area contributed by atoms with Gasteiger partial charge in [0.15, 0.2) is 0 Å². The second-order valence-corrected chi connectivity index (χ2v) is 2.86. The van der Waals surface area contributed by atoms with E-state index in [2.05, 4.69) is 25.7 Å². The highest BCUT2D eigenvalue weighted by molar-refractivity contribution is 5.12. The second-order valence-electron chi connectivity index (χ2n) is 2.86. The standard InChI is InChI=1S/C9H14/c1-3-5-9-7-4-6-8(9)2/h8-9H,3,5,7H2,1-2H3/t8-,9-/m0/s1. The number of rotatable bonds is 2. The molecule has 50 valence electrons. The minimum Gasteiger partial charge on any atom is -0.103 e. The lowest BCUT2D eigenvalue weighted by Gasteiger charge is -2.11. The summed E-state index contributed by atoms with van der Waals surface area (Å²) in [6, 6.07) is 0. The quantitative estimate of drug-likeness (QED) is 0.493. The minimum absolute atomic E-state index is 0.671. The molecule has 2 atom stereocenters. The van der Waals surface area contributed by atoms with Crippen LogP contribution in [0.15, 0.2) is 0 Å². The molecule has 0 saturated carbocycles. The van der Waals surface area contributed by atoms with Crippen LogP contribution in [-0.2, 0) is 0 Å². The second kappa shape index (κ2) is 2.92. The van der Waals surface area contributed by atoms with Crippen LogP contribution in [0.2, 0.25) is 0 Å². The topological polar surface area (TPSA) is 0 Å². The molecule has 0 aromatic carbocycles. The fourth-order valence-electron chi connectivity index (χ4n) is 1.37. The highest BCUT2D eigenvalue weighted by atomic mass is 14.2. The van der Waals surface area contributed by atoms with E-state index < -0.39 is 0 Å². The molecule has 0 aliphatic heterocycles. The molecule has 0 heterocycles. The molecule has 0 fully saturated rings. The summed E-state index contributed by atoms with van der Waals surface area (Å²) in [6.45, 7) is 4.48. The van der Waals surface area contributed by atoms with E-state index in [4.69, 9.17) is 0 Å². The van der Waals surface area contributed by atoms with E-state index in [1.165, 1.54) is 12.8 Å². The average molecular weight is 122 g/mol. The first-order chi connectivity index (χ1) is 4.34. The third kappa shape index (κ3) is 1.48. The Morgan fingerprint density at radius 1 is 1.56 bits per heavy atom. The molecule has 0 amide bonds. The molecule has 1 rings (SSSR count). The molecule has 0 bridgehead atoms. The Kier molecular flexibility index (Phi) is 2.16. The van der Waals surface area contributed by atoms with Crippen LogP contribution < -0.4 is 0 Å². The predicted octanol–water partition coefficient (Wildman–Crippen LogP) is 2.45. The Balaban J connectivity index is 2.29. The van der Waals surface area contributed by atoms with Crippen molar-refractivity contribution in [2.75, 3.05) is 0 Å². The summed E-state index contributed by atoms with van der Waals surface area (Å²) in [6.07, 6.45) is 3.80. The van der Waals surface area contributed by atoms with E-state index in [0.29, 0.717) is 5.92 Å². The third-order valence-corrected chi connectivity index (χ3v) is 2.06. The Morgan fingerprint density at radius 3 is 2.78 bits per heavy atom. The molecule has 1 aliphatic carbocycles. The van der Waals surface area contributed by atoms with Gasteiger partial charge in [-0.15, -0.1) is 5.92 Å². The zero-order valence-electron chi connectivity index (χ0n) is 6.28. The van der Waals surface area contributed by atoms with Crippen molar-refractivity contribution in [3.05, 3.63) is 0 Å². The molecule has 0 radical (unpaired) electrons. The van der Waals surface area contributed by atoms with Gasteiger partial charge in [0, 0.05) is 12.3 Å². The Hall–Kier alpha value is -0.440. The fourth-order valence-corrected chi connectivity index (χ4v) is 1.37. The lowest BCUT2D eigenvalue weighted by molar-refractivity contribution is 0.422. The summed E-state index contributed by atoms with van der Waals surface area (Å²) >= 11 is 0. The smallest absolute Gasteiger partial charge is 0.0211 e. The van der Waals surface area contributed by atoms with E-state index in [-0.39, 0.29) is 0 Å². The van der Waals surface area contributed by atoms with Gasteiger partial charge in [-0.3, -0.25) is 0 Å². The predicted molar refractivity (Wildman–Crippen MR) is 40.0 cm³/mol. The molecule has 9 heavy (non-hydrogen) atoms.